The standard InChI is InChI=1S/C17H27N3OS/c1-13-18-15(12-22-13)11-17(21)20-9-6-14(7-10-20)16-5-3-4-8-19(16)2/h12,14,16H,3-11H2,1-2H3/t16-/m0/s1. The molecule has 122 valence electrons. The third kappa shape index (κ3) is 3.69. The summed E-state index contributed by atoms with van der Waals surface area (Å²) in [4.78, 5) is 21.4. The summed E-state index contributed by atoms with van der Waals surface area (Å²) in [7, 11) is 2.27. The first kappa shape index (κ1) is 15.9. The Kier molecular flexibility index (Phi) is 5.14. The first-order valence-electron chi connectivity index (χ1n) is 8.52. The van der Waals surface area contributed by atoms with Crippen LogP contribution in [-0.4, -0.2) is 53.4 Å². The molecule has 0 aliphatic carbocycles. The fraction of sp³-hybridized carbons (Fsp3) is 0.765. The van der Waals surface area contributed by atoms with E-state index in [1.165, 1.54) is 25.8 Å². The van der Waals surface area contributed by atoms with Crippen molar-refractivity contribution in [3.05, 3.63) is 16.1 Å². The lowest BCUT2D eigenvalue weighted by Crippen LogP contribution is -2.47. The lowest BCUT2D eigenvalue weighted by atomic mass is 9.84. The number of hydrogen-bond acceptors (Lipinski definition) is 4. The van der Waals surface area contributed by atoms with E-state index in [0.717, 1.165) is 48.6 Å². The van der Waals surface area contributed by atoms with Crippen molar-refractivity contribution < 1.29 is 4.79 Å². The van der Waals surface area contributed by atoms with Crippen molar-refractivity contribution in [3.8, 4) is 0 Å². The van der Waals surface area contributed by atoms with E-state index in [1.54, 1.807) is 11.3 Å². The van der Waals surface area contributed by atoms with Crippen molar-refractivity contribution in [3.63, 3.8) is 0 Å². The van der Waals surface area contributed by atoms with Gasteiger partial charge in [-0.3, -0.25) is 4.79 Å². The molecule has 0 unspecified atom stereocenters. The van der Waals surface area contributed by atoms with Crippen molar-refractivity contribution in [2.45, 2.75) is 51.5 Å². The van der Waals surface area contributed by atoms with Gasteiger partial charge in [0.15, 0.2) is 0 Å². The Morgan fingerprint density at radius 1 is 1.27 bits per heavy atom. The van der Waals surface area contributed by atoms with Gasteiger partial charge in [-0.25, -0.2) is 4.98 Å². The van der Waals surface area contributed by atoms with E-state index in [1.807, 2.05) is 17.2 Å². The number of piperidine rings is 2. The number of thiazole rings is 1. The van der Waals surface area contributed by atoms with Gasteiger partial charge in [0.2, 0.25) is 5.91 Å². The second-order valence-electron chi connectivity index (χ2n) is 6.80. The van der Waals surface area contributed by atoms with Gasteiger partial charge in [-0.2, -0.15) is 0 Å². The van der Waals surface area contributed by atoms with Crippen molar-refractivity contribution in [1.82, 2.24) is 14.8 Å². The predicted molar refractivity (Wildman–Crippen MR) is 90.1 cm³/mol. The van der Waals surface area contributed by atoms with Gasteiger partial charge in [0.1, 0.15) is 0 Å². The molecule has 1 amide bonds. The maximum Gasteiger partial charge on any atom is 0.228 e. The molecule has 4 nitrogen and oxygen atoms in total. The quantitative estimate of drug-likeness (QED) is 0.859. The average molecular weight is 321 g/mol. The zero-order chi connectivity index (χ0) is 15.5. The predicted octanol–water partition coefficient (Wildman–Crippen LogP) is 2.72. The minimum Gasteiger partial charge on any atom is -0.342 e. The first-order chi connectivity index (χ1) is 10.6. The van der Waals surface area contributed by atoms with E-state index in [0.29, 0.717) is 6.42 Å². The fourth-order valence-corrected chi connectivity index (χ4v) is 4.60. The highest BCUT2D eigenvalue weighted by atomic mass is 32.1. The molecule has 2 aliphatic heterocycles. The molecule has 0 saturated carbocycles. The first-order valence-corrected chi connectivity index (χ1v) is 9.40. The van der Waals surface area contributed by atoms with Gasteiger partial charge in [0, 0.05) is 24.5 Å². The highest BCUT2D eigenvalue weighted by Gasteiger charge is 2.31. The lowest BCUT2D eigenvalue weighted by Gasteiger charge is -2.42. The Labute approximate surface area is 137 Å². The summed E-state index contributed by atoms with van der Waals surface area (Å²) < 4.78 is 0. The number of nitrogens with zero attached hydrogens (tertiary/aromatic N) is 3. The Hall–Kier alpha value is -0.940. The third-order valence-corrected chi connectivity index (χ3v) is 6.08. The number of likely N-dealkylation sites (tertiary alicyclic amines) is 2. The van der Waals surface area contributed by atoms with Gasteiger partial charge in [0.05, 0.1) is 17.1 Å². The second kappa shape index (κ2) is 7.09. The Morgan fingerprint density at radius 3 is 2.68 bits per heavy atom. The normalized spacial score (nSPS) is 24.6. The van der Waals surface area contributed by atoms with E-state index in [2.05, 4.69) is 16.9 Å². The minimum absolute atomic E-state index is 0.251. The minimum atomic E-state index is 0.251. The molecule has 5 heteroatoms. The van der Waals surface area contributed by atoms with Gasteiger partial charge < -0.3 is 9.80 Å². The molecule has 3 rings (SSSR count). The smallest absolute Gasteiger partial charge is 0.228 e. The van der Waals surface area contributed by atoms with E-state index >= 15 is 0 Å². The van der Waals surface area contributed by atoms with Crippen LogP contribution in [-0.2, 0) is 11.2 Å². The van der Waals surface area contributed by atoms with Crippen LogP contribution in [0.25, 0.3) is 0 Å². The molecule has 0 bridgehead atoms. The van der Waals surface area contributed by atoms with Crippen LogP contribution in [0.15, 0.2) is 5.38 Å². The summed E-state index contributed by atoms with van der Waals surface area (Å²) in [6, 6.07) is 0.743. The van der Waals surface area contributed by atoms with E-state index in [4.69, 9.17) is 0 Å². The topological polar surface area (TPSA) is 36.4 Å². The zero-order valence-corrected chi connectivity index (χ0v) is 14.6. The van der Waals surface area contributed by atoms with E-state index < -0.39 is 0 Å². The molecule has 2 aliphatic rings. The Balaban J connectivity index is 1.49. The van der Waals surface area contributed by atoms with Crippen molar-refractivity contribution in [2.75, 3.05) is 26.7 Å². The number of hydrogen-bond donors (Lipinski definition) is 0. The third-order valence-electron chi connectivity index (χ3n) is 5.26. The second-order valence-corrected chi connectivity index (χ2v) is 7.86. The van der Waals surface area contributed by atoms with Crippen LogP contribution < -0.4 is 0 Å². The van der Waals surface area contributed by atoms with E-state index in [-0.39, 0.29) is 5.91 Å². The van der Waals surface area contributed by atoms with Crippen LogP contribution in [0.1, 0.15) is 42.8 Å². The van der Waals surface area contributed by atoms with Crippen molar-refractivity contribution in [2.24, 2.45) is 5.92 Å². The van der Waals surface area contributed by atoms with Crippen LogP contribution >= 0.6 is 11.3 Å². The summed E-state index contributed by atoms with van der Waals surface area (Å²) in [5.41, 5.74) is 0.932. The summed E-state index contributed by atoms with van der Waals surface area (Å²) in [5, 5.41) is 3.05. The van der Waals surface area contributed by atoms with Crippen LogP contribution in [0, 0.1) is 12.8 Å². The summed E-state index contributed by atoms with van der Waals surface area (Å²) in [5.74, 6) is 1.02. The van der Waals surface area contributed by atoms with E-state index in [9.17, 15) is 4.79 Å². The maximum atomic E-state index is 12.4. The van der Waals surface area contributed by atoms with Gasteiger partial charge in [-0.05, 0) is 52.1 Å². The number of rotatable bonds is 3. The molecular weight excluding hydrogens is 294 g/mol. The Bertz CT molecular complexity index is 508. The van der Waals surface area contributed by atoms with Gasteiger partial charge >= 0.3 is 0 Å². The molecule has 2 fully saturated rings. The highest BCUT2D eigenvalue weighted by molar-refractivity contribution is 7.09. The summed E-state index contributed by atoms with van der Waals surface area (Å²) in [6.45, 7) is 5.09. The van der Waals surface area contributed by atoms with Crippen LogP contribution in [0.4, 0.5) is 0 Å². The van der Waals surface area contributed by atoms with Gasteiger partial charge in [-0.15, -0.1) is 11.3 Å². The largest absolute Gasteiger partial charge is 0.342 e. The van der Waals surface area contributed by atoms with Crippen LogP contribution in [0.2, 0.25) is 0 Å². The number of aromatic nitrogens is 1. The van der Waals surface area contributed by atoms with Crippen molar-refractivity contribution in [1.29, 1.82) is 0 Å². The van der Waals surface area contributed by atoms with Crippen LogP contribution in [0.3, 0.4) is 0 Å². The summed E-state index contributed by atoms with van der Waals surface area (Å²) >= 11 is 1.63. The zero-order valence-electron chi connectivity index (χ0n) is 13.8. The maximum absolute atomic E-state index is 12.4. The lowest BCUT2D eigenvalue weighted by molar-refractivity contribution is -0.132. The number of amides is 1. The van der Waals surface area contributed by atoms with Crippen LogP contribution in [0.5, 0.6) is 0 Å². The molecule has 0 spiro atoms. The molecule has 1 aromatic heterocycles. The molecule has 3 heterocycles. The monoisotopic (exact) mass is 321 g/mol. The fourth-order valence-electron chi connectivity index (χ4n) is 3.99. The number of carbonyl (C=O) groups excluding carboxylic acids is 1. The Morgan fingerprint density at radius 2 is 2.05 bits per heavy atom. The molecule has 0 radical (unpaired) electrons. The number of carbonyl (C=O) groups is 1. The highest BCUT2D eigenvalue weighted by Crippen LogP contribution is 2.29. The average Bonchev–Trinajstić information content (AvgIpc) is 2.93. The summed E-state index contributed by atoms with van der Waals surface area (Å²) in [6.07, 6.45) is 6.86. The number of aryl methyl sites for hydroxylation is 1. The van der Waals surface area contributed by atoms with Crippen molar-refractivity contribution >= 4 is 17.2 Å². The SMILES string of the molecule is Cc1nc(CC(=O)N2CCC([C@@H]3CCCCN3C)CC2)cs1. The molecule has 0 aromatic carbocycles. The van der Waals surface area contributed by atoms with Gasteiger partial charge in [-0.1, -0.05) is 6.42 Å². The molecule has 0 N–H and O–H groups in total. The molecule has 2 saturated heterocycles. The molecular formula is C17H27N3OS. The molecule has 1 atom stereocenters. The molecule has 1 aromatic rings. The van der Waals surface area contributed by atoms with Gasteiger partial charge in [0.25, 0.3) is 0 Å². The molecule has 22 heavy (non-hydrogen) atoms.